The highest BCUT2D eigenvalue weighted by Gasteiger charge is 2.17. The number of phenolic OH excluding ortho intramolecular Hbond substituents is 1. The van der Waals surface area contributed by atoms with E-state index in [1.165, 1.54) is 54.6 Å². The summed E-state index contributed by atoms with van der Waals surface area (Å²) in [5.41, 5.74) is 1.41. The predicted molar refractivity (Wildman–Crippen MR) is 149 cm³/mol. The maximum absolute atomic E-state index is 11.6. The second kappa shape index (κ2) is 11.7. The first-order valence-electron chi connectivity index (χ1n) is 11.8. The molecule has 0 aromatic heterocycles. The maximum atomic E-state index is 11.6. The molecule has 4 aromatic rings. The minimum absolute atomic E-state index is 0.0663. The fourth-order valence-corrected chi connectivity index (χ4v) is 5.16. The molecule has 0 fully saturated rings. The Balaban J connectivity index is 1.73. The van der Waals surface area contributed by atoms with Crippen molar-refractivity contribution in [3.05, 3.63) is 71.8 Å². The average Bonchev–Trinajstić information content (AvgIpc) is 2.90. The number of aliphatic hydroxyl groups is 1. The smallest absolute Gasteiger partial charge is 0.296 e. The van der Waals surface area contributed by atoms with Gasteiger partial charge in [0, 0.05) is 11.5 Å². The van der Waals surface area contributed by atoms with Crippen LogP contribution < -0.4 is 4.74 Å². The molecule has 0 saturated carbocycles. The minimum atomic E-state index is -4.53. The monoisotopic (exact) mass is 600 g/mol. The first kappa shape index (κ1) is 29.7. The van der Waals surface area contributed by atoms with Gasteiger partial charge in [0.05, 0.1) is 17.2 Å². The van der Waals surface area contributed by atoms with Crippen molar-refractivity contribution < 1.29 is 40.9 Å². The van der Waals surface area contributed by atoms with Gasteiger partial charge in [-0.05, 0) is 66.8 Å². The molecule has 0 aliphatic heterocycles. The standard InChI is InChI=1S/C26H24N4O9S2/c1-15-12-22(30-28-20-8-7-17-13-18(40(33,34)35)11-16(2)25(17)26(20)32)23(39-10-9-31)14-21(15)29-27-19-5-3-4-6-24(19)41(36,37)38/h3-8,11-14,31-32H,9-10H2,1-2H3,(H,33,34,35)(H,36,37,38). The predicted octanol–water partition coefficient (Wildman–Crippen LogP) is 5.86. The minimum Gasteiger partial charge on any atom is -0.505 e. The van der Waals surface area contributed by atoms with E-state index < -0.39 is 25.1 Å². The summed E-state index contributed by atoms with van der Waals surface area (Å²) in [5.74, 6) is -0.109. The second-order valence-corrected chi connectivity index (χ2v) is 11.6. The van der Waals surface area contributed by atoms with Gasteiger partial charge in [-0.15, -0.1) is 15.3 Å². The van der Waals surface area contributed by atoms with Crippen LogP contribution in [-0.2, 0) is 20.2 Å². The first-order chi connectivity index (χ1) is 19.3. The van der Waals surface area contributed by atoms with Crippen molar-refractivity contribution in [1.82, 2.24) is 0 Å². The number of hydrogen-bond acceptors (Lipinski definition) is 11. The molecule has 0 radical (unpaired) electrons. The van der Waals surface area contributed by atoms with Gasteiger partial charge >= 0.3 is 0 Å². The lowest BCUT2D eigenvalue weighted by atomic mass is 10.0. The van der Waals surface area contributed by atoms with E-state index in [0.29, 0.717) is 21.9 Å². The van der Waals surface area contributed by atoms with Crippen molar-refractivity contribution in [2.24, 2.45) is 20.5 Å². The molecule has 0 heterocycles. The van der Waals surface area contributed by atoms with Crippen molar-refractivity contribution in [3.63, 3.8) is 0 Å². The van der Waals surface area contributed by atoms with Crippen LogP contribution in [-0.4, -0.2) is 49.4 Å². The topological polar surface area (TPSA) is 208 Å². The van der Waals surface area contributed by atoms with Crippen molar-refractivity contribution >= 4 is 53.8 Å². The van der Waals surface area contributed by atoms with Crippen LogP contribution in [0.25, 0.3) is 10.8 Å². The van der Waals surface area contributed by atoms with Gasteiger partial charge in [0.15, 0.2) is 5.75 Å². The van der Waals surface area contributed by atoms with Gasteiger partial charge in [0.2, 0.25) is 0 Å². The zero-order valence-electron chi connectivity index (χ0n) is 21.6. The Bertz CT molecular complexity index is 1920. The molecule has 214 valence electrons. The van der Waals surface area contributed by atoms with E-state index in [1.807, 2.05) is 0 Å². The van der Waals surface area contributed by atoms with E-state index in [1.54, 1.807) is 19.9 Å². The molecule has 4 aromatic carbocycles. The molecular formula is C26H24N4O9S2. The van der Waals surface area contributed by atoms with Crippen LogP contribution in [0.1, 0.15) is 11.1 Å². The van der Waals surface area contributed by atoms with Crippen molar-refractivity contribution in [1.29, 1.82) is 0 Å². The summed E-state index contributed by atoms with van der Waals surface area (Å²) in [6.07, 6.45) is 0. The number of aromatic hydroxyl groups is 1. The largest absolute Gasteiger partial charge is 0.505 e. The van der Waals surface area contributed by atoms with E-state index in [-0.39, 0.29) is 52.4 Å². The third kappa shape index (κ3) is 6.72. The van der Waals surface area contributed by atoms with E-state index in [2.05, 4.69) is 20.5 Å². The summed E-state index contributed by atoms with van der Waals surface area (Å²) in [7, 11) is -8.97. The highest BCUT2D eigenvalue weighted by atomic mass is 32.2. The highest BCUT2D eigenvalue weighted by Crippen LogP contribution is 2.41. The lowest BCUT2D eigenvalue weighted by Gasteiger charge is -2.11. The number of azo groups is 2. The SMILES string of the molecule is Cc1cc(N=Nc2ccc3cc(S(=O)(=O)O)cc(C)c3c2O)c(OCCO)cc1N=Nc1ccccc1S(=O)(=O)O. The van der Waals surface area contributed by atoms with Gasteiger partial charge in [0.1, 0.15) is 34.3 Å². The van der Waals surface area contributed by atoms with Gasteiger partial charge in [-0.2, -0.15) is 21.9 Å². The van der Waals surface area contributed by atoms with Crippen LogP contribution in [0.2, 0.25) is 0 Å². The fraction of sp³-hybridized carbons (Fsp3) is 0.154. The lowest BCUT2D eigenvalue weighted by molar-refractivity contribution is 0.202. The summed E-state index contributed by atoms with van der Waals surface area (Å²) in [5, 5.41) is 37.2. The molecule has 0 saturated heterocycles. The summed E-state index contributed by atoms with van der Waals surface area (Å²) in [6, 6.07) is 13.9. The van der Waals surface area contributed by atoms with Crippen molar-refractivity contribution in [2.75, 3.05) is 13.2 Å². The number of ether oxygens (including phenoxy) is 1. The number of hydrogen-bond donors (Lipinski definition) is 4. The van der Waals surface area contributed by atoms with Gasteiger partial charge in [-0.1, -0.05) is 18.2 Å². The molecule has 0 aliphatic carbocycles. The van der Waals surface area contributed by atoms with Gasteiger partial charge < -0.3 is 14.9 Å². The molecule has 0 spiro atoms. The average molecular weight is 601 g/mol. The van der Waals surface area contributed by atoms with Gasteiger partial charge in [-0.3, -0.25) is 9.11 Å². The molecule has 0 bridgehead atoms. The molecule has 0 aliphatic rings. The van der Waals surface area contributed by atoms with Gasteiger partial charge in [-0.25, -0.2) is 0 Å². The molecule has 4 rings (SSSR count). The van der Waals surface area contributed by atoms with Crippen molar-refractivity contribution in [3.8, 4) is 11.5 Å². The molecule has 0 unspecified atom stereocenters. The number of aliphatic hydroxyl groups excluding tert-OH is 1. The third-order valence-corrected chi connectivity index (χ3v) is 7.57. The Morgan fingerprint density at radius 2 is 1.39 bits per heavy atom. The van der Waals surface area contributed by atoms with E-state index in [4.69, 9.17) is 4.74 Å². The third-order valence-electron chi connectivity index (χ3n) is 5.84. The normalized spacial score (nSPS) is 12.5. The molecule has 4 N–H and O–H groups in total. The van der Waals surface area contributed by atoms with Crippen LogP contribution in [0, 0.1) is 13.8 Å². The number of benzene rings is 4. The zero-order chi connectivity index (χ0) is 29.9. The lowest BCUT2D eigenvalue weighted by Crippen LogP contribution is -2.01. The quantitative estimate of drug-likeness (QED) is 0.134. The van der Waals surface area contributed by atoms with E-state index in [9.17, 15) is 36.2 Å². The van der Waals surface area contributed by atoms with Crippen LogP contribution in [0.15, 0.2) is 90.9 Å². The van der Waals surface area contributed by atoms with E-state index >= 15 is 0 Å². The Morgan fingerprint density at radius 3 is 2.07 bits per heavy atom. The Labute approximate surface area is 235 Å². The fourth-order valence-electron chi connectivity index (χ4n) is 3.93. The molecule has 41 heavy (non-hydrogen) atoms. The maximum Gasteiger partial charge on any atom is 0.296 e. The first-order valence-corrected chi connectivity index (χ1v) is 14.7. The number of phenols is 1. The van der Waals surface area contributed by atoms with Gasteiger partial charge in [0.25, 0.3) is 20.2 Å². The summed E-state index contributed by atoms with van der Waals surface area (Å²) in [4.78, 5) is -0.723. The number of rotatable bonds is 9. The zero-order valence-corrected chi connectivity index (χ0v) is 23.3. The number of aryl methyl sites for hydroxylation is 2. The summed E-state index contributed by atoms with van der Waals surface area (Å²) in [6.45, 7) is 2.86. The van der Waals surface area contributed by atoms with E-state index in [0.717, 1.165) is 0 Å². The summed E-state index contributed by atoms with van der Waals surface area (Å²) < 4.78 is 70.8. The number of nitrogens with zero attached hydrogens (tertiary/aromatic N) is 4. The van der Waals surface area contributed by atoms with Crippen molar-refractivity contribution in [2.45, 2.75) is 23.6 Å². The Morgan fingerprint density at radius 1 is 0.732 bits per heavy atom. The second-order valence-electron chi connectivity index (χ2n) is 8.77. The van der Waals surface area contributed by atoms with Crippen LogP contribution in [0.3, 0.4) is 0 Å². The summed E-state index contributed by atoms with van der Waals surface area (Å²) >= 11 is 0. The Hall–Kier alpha value is -4.28. The highest BCUT2D eigenvalue weighted by molar-refractivity contribution is 7.86. The molecule has 13 nitrogen and oxygen atoms in total. The number of fused-ring (bicyclic) bond motifs is 1. The van der Waals surface area contributed by atoms with Crippen LogP contribution in [0.4, 0.5) is 22.7 Å². The molecule has 0 amide bonds. The Kier molecular flexibility index (Phi) is 8.46. The van der Waals surface area contributed by atoms with Crippen LogP contribution in [0.5, 0.6) is 11.5 Å². The van der Waals surface area contributed by atoms with Crippen LogP contribution >= 0.6 is 0 Å². The molecular weight excluding hydrogens is 576 g/mol. The molecule has 0 atom stereocenters. The molecule has 15 heteroatoms.